The summed E-state index contributed by atoms with van der Waals surface area (Å²) in [6, 6.07) is 2.40. The van der Waals surface area contributed by atoms with Crippen molar-refractivity contribution in [1.29, 1.82) is 0 Å². The minimum absolute atomic E-state index is 0.00907. The molecule has 0 fully saturated rings. The summed E-state index contributed by atoms with van der Waals surface area (Å²) in [5.41, 5.74) is 1.36. The second-order valence-electron chi connectivity index (χ2n) is 4.17. The molecule has 2 rings (SSSR count). The Morgan fingerprint density at radius 1 is 1.40 bits per heavy atom. The average Bonchev–Trinajstić information content (AvgIpc) is 2.67. The molecule has 0 saturated heterocycles. The molecule has 1 aromatic heterocycles. The first-order valence-corrected chi connectivity index (χ1v) is 7.08. The van der Waals surface area contributed by atoms with Gasteiger partial charge < -0.3 is 4.74 Å². The van der Waals surface area contributed by atoms with Gasteiger partial charge in [-0.3, -0.25) is 4.68 Å². The van der Waals surface area contributed by atoms with Gasteiger partial charge in [-0.2, -0.15) is 9.49 Å². The minimum atomic E-state index is -1.03. The van der Waals surface area contributed by atoms with Gasteiger partial charge in [0.2, 0.25) is 5.82 Å². The maximum absolute atomic E-state index is 13.6. The second kappa shape index (κ2) is 6.10. The Balaban J connectivity index is 2.23. The Bertz CT molecular complexity index is 646. The van der Waals surface area contributed by atoms with E-state index in [1.165, 1.54) is 6.07 Å². The lowest BCUT2D eigenvalue weighted by Gasteiger charge is -2.09. The van der Waals surface area contributed by atoms with E-state index in [-0.39, 0.29) is 12.4 Å². The molecule has 7 heteroatoms. The number of rotatable bonds is 4. The summed E-state index contributed by atoms with van der Waals surface area (Å²) in [6.07, 6.45) is 0.687. The lowest BCUT2D eigenvalue weighted by atomic mass is 10.3. The van der Waals surface area contributed by atoms with Gasteiger partial charge in [-0.05, 0) is 18.6 Å². The van der Waals surface area contributed by atoms with Gasteiger partial charge in [0.15, 0.2) is 11.6 Å². The van der Waals surface area contributed by atoms with E-state index in [2.05, 4.69) is 21.0 Å². The monoisotopic (exact) mass is 364 g/mol. The van der Waals surface area contributed by atoms with Gasteiger partial charge in [0, 0.05) is 11.5 Å². The highest BCUT2D eigenvalue weighted by atomic mass is 79.9. The zero-order valence-electron chi connectivity index (χ0n) is 10.9. The van der Waals surface area contributed by atoms with Gasteiger partial charge in [0.05, 0.1) is 16.4 Å². The lowest BCUT2D eigenvalue weighted by molar-refractivity contribution is 0.275. The van der Waals surface area contributed by atoms with E-state index in [1.54, 1.807) is 11.7 Å². The average molecular weight is 366 g/mol. The van der Waals surface area contributed by atoms with Gasteiger partial charge in [-0.15, -0.1) is 0 Å². The van der Waals surface area contributed by atoms with Crippen molar-refractivity contribution in [3.05, 3.63) is 44.7 Å². The largest absolute Gasteiger partial charge is 0.484 e. The van der Waals surface area contributed by atoms with Crippen molar-refractivity contribution in [2.75, 3.05) is 0 Å². The molecular formula is C13H12BrClF2N2O. The third-order valence-corrected chi connectivity index (χ3v) is 3.72. The van der Waals surface area contributed by atoms with Crippen LogP contribution in [0.15, 0.2) is 16.6 Å². The van der Waals surface area contributed by atoms with Gasteiger partial charge in [-0.1, -0.05) is 34.5 Å². The number of ether oxygens (including phenoxy) is 1. The molecule has 1 aromatic carbocycles. The quantitative estimate of drug-likeness (QED) is 0.757. The van der Waals surface area contributed by atoms with Gasteiger partial charge in [0.25, 0.3) is 0 Å². The van der Waals surface area contributed by atoms with E-state index in [0.717, 1.165) is 11.8 Å². The summed E-state index contributed by atoms with van der Waals surface area (Å²) in [7, 11) is 1.72. The Morgan fingerprint density at radius 2 is 2.10 bits per heavy atom. The van der Waals surface area contributed by atoms with Gasteiger partial charge in [-0.25, -0.2) is 4.39 Å². The molecule has 0 aliphatic carbocycles. The minimum Gasteiger partial charge on any atom is -0.484 e. The highest BCUT2D eigenvalue weighted by molar-refractivity contribution is 9.10. The van der Waals surface area contributed by atoms with Gasteiger partial charge >= 0.3 is 0 Å². The lowest BCUT2D eigenvalue weighted by Crippen LogP contribution is -2.05. The number of hydrogen-bond donors (Lipinski definition) is 0. The maximum Gasteiger partial charge on any atom is 0.200 e. The Hall–Kier alpha value is -1.14. The van der Waals surface area contributed by atoms with Crippen molar-refractivity contribution >= 4 is 27.5 Å². The molecule has 0 aliphatic heterocycles. The zero-order valence-corrected chi connectivity index (χ0v) is 13.2. The fourth-order valence-corrected chi connectivity index (χ4v) is 2.52. The maximum atomic E-state index is 13.6. The molecule has 20 heavy (non-hydrogen) atoms. The summed E-state index contributed by atoms with van der Waals surface area (Å²) < 4.78 is 34.1. The van der Waals surface area contributed by atoms with E-state index in [4.69, 9.17) is 16.3 Å². The molecule has 0 spiro atoms. The topological polar surface area (TPSA) is 27.1 Å². The van der Waals surface area contributed by atoms with Crippen LogP contribution in [0.3, 0.4) is 0 Å². The molecule has 1 heterocycles. The fourth-order valence-electron chi connectivity index (χ4n) is 1.76. The normalized spacial score (nSPS) is 10.9. The molecule has 0 aliphatic rings. The van der Waals surface area contributed by atoms with Crippen molar-refractivity contribution < 1.29 is 13.5 Å². The number of hydrogen-bond acceptors (Lipinski definition) is 2. The molecule has 0 atom stereocenters. The number of aromatic nitrogens is 2. The first kappa shape index (κ1) is 15.3. The van der Waals surface area contributed by atoms with Crippen LogP contribution in [-0.4, -0.2) is 9.78 Å². The van der Waals surface area contributed by atoms with E-state index in [0.29, 0.717) is 21.6 Å². The number of nitrogens with zero attached hydrogens (tertiary/aromatic N) is 2. The fraction of sp³-hybridized carbons (Fsp3) is 0.308. The number of aryl methyl sites for hydroxylation is 2. The van der Waals surface area contributed by atoms with E-state index >= 15 is 0 Å². The Morgan fingerprint density at radius 3 is 2.70 bits per heavy atom. The third-order valence-electron chi connectivity index (χ3n) is 2.83. The van der Waals surface area contributed by atoms with Crippen molar-refractivity contribution in [2.45, 2.75) is 20.0 Å². The Labute approximate surface area is 128 Å². The van der Waals surface area contributed by atoms with E-state index < -0.39 is 11.6 Å². The van der Waals surface area contributed by atoms with Crippen LogP contribution in [-0.2, 0) is 20.1 Å². The van der Waals surface area contributed by atoms with Crippen LogP contribution in [0.4, 0.5) is 8.78 Å². The molecule has 3 nitrogen and oxygen atoms in total. The van der Waals surface area contributed by atoms with Crippen LogP contribution in [0.2, 0.25) is 5.02 Å². The Kier molecular flexibility index (Phi) is 4.65. The summed E-state index contributed by atoms with van der Waals surface area (Å²) in [4.78, 5) is 0. The molecule has 0 bridgehead atoms. The highest BCUT2D eigenvalue weighted by Crippen LogP contribution is 2.27. The van der Waals surface area contributed by atoms with Crippen LogP contribution in [0.25, 0.3) is 0 Å². The predicted molar refractivity (Wildman–Crippen MR) is 76.0 cm³/mol. The van der Waals surface area contributed by atoms with Crippen molar-refractivity contribution in [3.8, 4) is 5.75 Å². The van der Waals surface area contributed by atoms with Crippen LogP contribution in [0, 0.1) is 11.6 Å². The summed E-state index contributed by atoms with van der Waals surface area (Å²) >= 11 is 9.25. The molecular weight excluding hydrogens is 354 g/mol. The molecule has 0 radical (unpaired) electrons. The van der Waals surface area contributed by atoms with Crippen molar-refractivity contribution in [1.82, 2.24) is 9.78 Å². The predicted octanol–water partition coefficient (Wildman–Crippen LogP) is 4.26. The molecule has 0 N–H and O–H groups in total. The molecule has 2 aromatic rings. The first-order valence-electron chi connectivity index (χ1n) is 5.91. The van der Waals surface area contributed by atoms with E-state index in [1.807, 2.05) is 6.92 Å². The number of benzene rings is 1. The van der Waals surface area contributed by atoms with Gasteiger partial charge in [0.1, 0.15) is 6.61 Å². The SMILES string of the molecule is CCc1nn(C)c(COc2cc(Br)cc(F)c2F)c1Cl. The van der Waals surface area contributed by atoms with Crippen LogP contribution >= 0.6 is 27.5 Å². The summed E-state index contributed by atoms with van der Waals surface area (Å²) in [6.45, 7) is 1.94. The molecule has 108 valence electrons. The second-order valence-corrected chi connectivity index (χ2v) is 5.47. The summed E-state index contributed by atoms with van der Waals surface area (Å²) in [5.74, 6) is -2.17. The van der Waals surface area contributed by atoms with E-state index in [9.17, 15) is 8.78 Å². The summed E-state index contributed by atoms with van der Waals surface area (Å²) in [5, 5.41) is 4.72. The van der Waals surface area contributed by atoms with Crippen LogP contribution in [0.1, 0.15) is 18.3 Å². The number of halogens is 4. The standard InChI is InChI=1S/C13H12BrClF2N2O/c1-3-9-12(15)10(19(2)18-9)6-20-11-5-7(14)4-8(16)13(11)17/h4-5H,3,6H2,1-2H3. The van der Waals surface area contributed by atoms with Crippen molar-refractivity contribution in [2.24, 2.45) is 7.05 Å². The van der Waals surface area contributed by atoms with Crippen LogP contribution < -0.4 is 4.74 Å². The molecule has 0 saturated carbocycles. The first-order chi connectivity index (χ1) is 9.43. The van der Waals surface area contributed by atoms with Crippen LogP contribution in [0.5, 0.6) is 5.75 Å². The smallest absolute Gasteiger partial charge is 0.200 e. The zero-order chi connectivity index (χ0) is 14.9. The third kappa shape index (κ3) is 2.96. The highest BCUT2D eigenvalue weighted by Gasteiger charge is 2.16. The van der Waals surface area contributed by atoms with Crippen molar-refractivity contribution in [3.63, 3.8) is 0 Å². The molecule has 0 amide bonds. The molecule has 0 unspecified atom stereocenters.